The van der Waals surface area contributed by atoms with E-state index in [0.717, 1.165) is 10.2 Å². The van der Waals surface area contributed by atoms with Gasteiger partial charge < -0.3 is 5.32 Å². The average Bonchev–Trinajstić information content (AvgIpc) is 2.48. The number of thioether (sulfide) groups is 1. The molecule has 2 rings (SSSR count). The third-order valence-corrected chi connectivity index (χ3v) is 5.09. The highest BCUT2D eigenvalue weighted by Gasteiger charge is 2.12. The standard InChI is InChI=1S/C16H16BrClFNS/c1-20-14(9-11-8-13(18)4-7-16(11)19)10-21-15-5-2-12(17)3-6-15/h2-8,14,20H,9-10H2,1H3. The smallest absolute Gasteiger partial charge is 0.126 e. The summed E-state index contributed by atoms with van der Waals surface area (Å²) < 4.78 is 14.8. The molecule has 112 valence electrons. The summed E-state index contributed by atoms with van der Waals surface area (Å²) in [4.78, 5) is 1.20. The monoisotopic (exact) mass is 387 g/mol. The number of nitrogens with one attached hydrogen (secondary N) is 1. The minimum Gasteiger partial charge on any atom is -0.316 e. The molecule has 0 radical (unpaired) electrons. The Morgan fingerprint density at radius 1 is 1.24 bits per heavy atom. The second-order valence-electron chi connectivity index (χ2n) is 4.69. The van der Waals surface area contributed by atoms with Crippen LogP contribution in [0, 0.1) is 5.82 Å². The van der Waals surface area contributed by atoms with Gasteiger partial charge in [0, 0.05) is 26.2 Å². The first-order chi connectivity index (χ1) is 10.1. The van der Waals surface area contributed by atoms with E-state index in [9.17, 15) is 4.39 Å². The first-order valence-electron chi connectivity index (χ1n) is 6.58. The van der Waals surface area contributed by atoms with E-state index >= 15 is 0 Å². The first kappa shape index (κ1) is 16.8. The Hall–Kier alpha value is -0.550. The van der Waals surface area contributed by atoms with Crippen molar-refractivity contribution in [3.63, 3.8) is 0 Å². The molecule has 0 fully saturated rings. The van der Waals surface area contributed by atoms with Crippen LogP contribution in [-0.2, 0) is 6.42 Å². The Balaban J connectivity index is 1.96. The van der Waals surface area contributed by atoms with Crippen molar-refractivity contribution in [3.05, 3.63) is 63.3 Å². The fourth-order valence-electron chi connectivity index (χ4n) is 1.94. The lowest BCUT2D eigenvalue weighted by atomic mass is 10.1. The highest BCUT2D eigenvalue weighted by molar-refractivity contribution is 9.10. The van der Waals surface area contributed by atoms with Crippen molar-refractivity contribution in [2.45, 2.75) is 17.4 Å². The normalized spacial score (nSPS) is 12.4. The third-order valence-electron chi connectivity index (χ3n) is 3.15. The van der Waals surface area contributed by atoms with Crippen LogP contribution in [0.1, 0.15) is 5.56 Å². The van der Waals surface area contributed by atoms with Gasteiger partial charge >= 0.3 is 0 Å². The molecule has 0 saturated carbocycles. The summed E-state index contributed by atoms with van der Waals surface area (Å²) in [6.45, 7) is 0. The predicted octanol–water partition coefficient (Wildman–Crippen LogP) is 5.16. The van der Waals surface area contributed by atoms with Gasteiger partial charge in [-0.15, -0.1) is 11.8 Å². The highest BCUT2D eigenvalue weighted by Crippen LogP contribution is 2.23. The van der Waals surface area contributed by atoms with Gasteiger partial charge in [-0.3, -0.25) is 0 Å². The lowest BCUT2D eigenvalue weighted by molar-refractivity contribution is 0.568. The van der Waals surface area contributed by atoms with Gasteiger partial charge in [0.15, 0.2) is 0 Å². The summed E-state index contributed by atoms with van der Waals surface area (Å²) in [5, 5.41) is 3.81. The Bertz CT molecular complexity index is 591. The largest absolute Gasteiger partial charge is 0.316 e. The van der Waals surface area contributed by atoms with Gasteiger partial charge in [-0.1, -0.05) is 27.5 Å². The number of hydrogen-bond donors (Lipinski definition) is 1. The zero-order chi connectivity index (χ0) is 15.2. The van der Waals surface area contributed by atoms with Crippen LogP contribution in [0.25, 0.3) is 0 Å². The number of benzene rings is 2. The summed E-state index contributed by atoms with van der Waals surface area (Å²) in [5.41, 5.74) is 0.651. The molecule has 0 heterocycles. The molecule has 2 aromatic carbocycles. The van der Waals surface area contributed by atoms with Crippen LogP contribution < -0.4 is 5.32 Å². The summed E-state index contributed by atoms with van der Waals surface area (Å²) in [6.07, 6.45) is 0.617. The maximum atomic E-state index is 13.8. The first-order valence-corrected chi connectivity index (χ1v) is 8.73. The van der Waals surface area contributed by atoms with Crippen molar-refractivity contribution in [3.8, 4) is 0 Å². The van der Waals surface area contributed by atoms with Crippen LogP contribution in [-0.4, -0.2) is 18.8 Å². The second kappa shape index (κ2) is 8.18. The highest BCUT2D eigenvalue weighted by atomic mass is 79.9. The van der Waals surface area contributed by atoms with Crippen molar-refractivity contribution < 1.29 is 4.39 Å². The molecule has 0 aromatic heterocycles. The SMILES string of the molecule is CNC(CSc1ccc(Br)cc1)Cc1cc(Cl)ccc1F. The Labute approximate surface area is 142 Å². The van der Waals surface area contributed by atoms with E-state index < -0.39 is 0 Å². The van der Waals surface area contributed by atoms with Crippen LogP contribution in [0.15, 0.2) is 51.8 Å². The van der Waals surface area contributed by atoms with Gasteiger partial charge in [-0.2, -0.15) is 0 Å². The topological polar surface area (TPSA) is 12.0 Å². The molecule has 0 aliphatic carbocycles. The number of likely N-dealkylation sites (N-methyl/N-ethyl adjacent to an activating group) is 1. The Morgan fingerprint density at radius 3 is 2.62 bits per heavy atom. The minimum atomic E-state index is -0.201. The molecule has 1 atom stereocenters. The van der Waals surface area contributed by atoms with Gasteiger partial charge in [-0.05, 0) is 61.5 Å². The molecule has 0 aliphatic rings. The van der Waals surface area contributed by atoms with Crippen LogP contribution in [0.5, 0.6) is 0 Å². The zero-order valence-electron chi connectivity index (χ0n) is 11.6. The van der Waals surface area contributed by atoms with Gasteiger partial charge in [-0.25, -0.2) is 4.39 Å². The molecule has 0 spiro atoms. The fourth-order valence-corrected chi connectivity index (χ4v) is 3.40. The molecule has 0 bridgehead atoms. The van der Waals surface area contributed by atoms with E-state index in [2.05, 4.69) is 33.4 Å². The molecule has 1 unspecified atom stereocenters. The van der Waals surface area contributed by atoms with E-state index in [0.29, 0.717) is 17.0 Å². The molecule has 0 amide bonds. The third kappa shape index (κ3) is 5.29. The summed E-state index contributed by atoms with van der Waals surface area (Å²) in [7, 11) is 1.90. The van der Waals surface area contributed by atoms with E-state index in [-0.39, 0.29) is 11.9 Å². The molecular formula is C16H16BrClFNS. The van der Waals surface area contributed by atoms with Crippen LogP contribution in [0.3, 0.4) is 0 Å². The number of hydrogen-bond acceptors (Lipinski definition) is 2. The summed E-state index contributed by atoms with van der Waals surface area (Å²) >= 11 is 11.1. The summed E-state index contributed by atoms with van der Waals surface area (Å²) in [5.74, 6) is 0.665. The molecule has 1 nitrogen and oxygen atoms in total. The van der Waals surface area contributed by atoms with Gasteiger partial charge in [0.25, 0.3) is 0 Å². The van der Waals surface area contributed by atoms with Gasteiger partial charge in [0.05, 0.1) is 0 Å². The quantitative estimate of drug-likeness (QED) is 0.686. The van der Waals surface area contributed by atoms with E-state index in [1.165, 1.54) is 11.0 Å². The van der Waals surface area contributed by atoms with Crippen LogP contribution >= 0.6 is 39.3 Å². The van der Waals surface area contributed by atoms with E-state index in [4.69, 9.17) is 11.6 Å². The molecule has 0 aliphatic heterocycles. The molecule has 0 saturated heterocycles. The van der Waals surface area contributed by atoms with Crippen molar-refractivity contribution in [2.24, 2.45) is 0 Å². The lowest BCUT2D eigenvalue weighted by Gasteiger charge is -2.16. The van der Waals surface area contributed by atoms with Crippen molar-refractivity contribution in [2.75, 3.05) is 12.8 Å². The minimum absolute atomic E-state index is 0.187. The Morgan fingerprint density at radius 2 is 1.95 bits per heavy atom. The van der Waals surface area contributed by atoms with Crippen LogP contribution in [0.2, 0.25) is 5.02 Å². The number of rotatable bonds is 6. The van der Waals surface area contributed by atoms with Crippen molar-refractivity contribution >= 4 is 39.3 Å². The fraction of sp³-hybridized carbons (Fsp3) is 0.250. The lowest BCUT2D eigenvalue weighted by Crippen LogP contribution is -2.30. The summed E-state index contributed by atoms with van der Waals surface area (Å²) in [6, 6.07) is 13.1. The van der Waals surface area contributed by atoms with Crippen LogP contribution in [0.4, 0.5) is 4.39 Å². The van der Waals surface area contributed by atoms with Gasteiger partial charge in [0.2, 0.25) is 0 Å². The second-order valence-corrected chi connectivity index (χ2v) is 7.14. The van der Waals surface area contributed by atoms with Gasteiger partial charge in [0.1, 0.15) is 5.82 Å². The van der Waals surface area contributed by atoms with E-state index in [1.54, 1.807) is 23.9 Å². The van der Waals surface area contributed by atoms with Crippen molar-refractivity contribution in [1.29, 1.82) is 0 Å². The molecular weight excluding hydrogens is 373 g/mol. The molecule has 2 aromatic rings. The molecule has 21 heavy (non-hydrogen) atoms. The maximum absolute atomic E-state index is 13.8. The average molecular weight is 389 g/mol. The van der Waals surface area contributed by atoms with Crippen molar-refractivity contribution in [1.82, 2.24) is 5.32 Å². The predicted molar refractivity (Wildman–Crippen MR) is 92.8 cm³/mol. The zero-order valence-corrected chi connectivity index (χ0v) is 14.7. The molecule has 1 N–H and O–H groups in total. The number of halogens is 3. The maximum Gasteiger partial charge on any atom is 0.126 e. The molecule has 5 heteroatoms. The van der Waals surface area contributed by atoms with E-state index in [1.807, 2.05) is 19.2 Å². The Kier molecular flexibility index (Phi) is 6.55.